The lowest BCUT2D eigenvalue weighted by atomic mass is 10.4. The number of aromatic nitrogens is 2. The minimum absolute atomic E-state index is 0.0664. The third-order valence-electron chi connectivity index (χ3n) is 1.12. The standard InChI is InChI=1S/C5H6ClN3O/c1-2-3(7)4(10)9-5(6)8-2/h7H2,1H3,(H,8,9,10). The fourth-order valence-electron chi connectivity index (χ4n) is 0.561. The Bertz CT molecular complexity index is 306. The maximum atomic E-state index is 10.8. The largest absolute Gasteiger partial charge is 0.393 e. The van der Waals surface area contributed by atoms with E-state index in [-0.39, 0.29) is 11.0 Å². The zero-order valence-electron chi connectivity index (χ0n) is 5.31. The molecule has 0 amide bonds. The molecule has 1 heterocycles. The number of aryl methyl sites for hydroxylation is 1. The van der Waals surface area contributed by atoms with E-state index in [4.69, 9.17) is 17.3 Å². The molecule has 0 aliphatic rings. The van der Waals surface area contributed by atoms with Crippen LogP contribution in [0.15, 0.2) is 4.79 Å². The smallest absolute Gasteiger partial charge is 0.275 e. The molecule has 0 saturated heterocycles. The third kappa shape index (κ3) is 1.11. The second-order valence-corrected chi connectivity index (χ2v) is 2.21. The second-order valence-electron chi connectivity index (χ2n) is 1.86. The number of nitrogens with two attached hydrogens (primary N) is 1. The molecular formula is C5H6ClN3O. The molecule has 4 nitrogen and oxygen atoms in total. The molecule has 0 fully saturated rings. The Morgan fingerprint density at radius 1 is 1.70 bits per heavy atom. The van der Waals surface area contributed by atoms with Crippen LogP contribution in [0.5, 0.6) is 0 Å². The van der Waals surface area contributed by atoms with Crippen LogP contribution >= 0.6 is 11.6 Å². The van der Waals surface area contributed by atoms with E-state index < -0.39 is 5.56 Å². The summed E-state index contributed by atoms with van der Waals surface area (Å²) in [5.74, 6) is 0. The molecule has 0 unspecified atom stereocenters. The first-order valence-electron chi connectivity index (χ1n) is 2.63. The Kier molecular flexibility index (Phi) is 1.63. The molecule has 0 aromatic carbocycles. The molecule has 0 radical (unpaired) electrons. The molecule has 5 heteroatoms. The van der Waals surface area contributed by atoms with Gasteiger partial charge >= 0.3 is 0 Å². The number of nitrogen functional groups attached to an aromatic ring is 1. The first-order chi connectivity index (χ1) is 4.61. The predicted molar refractivity (Wildman–Crippen MR) is 39.0 cm³/mol. The van der Waals surface area contributed by atoms with Crippen LogP contribution in [0.1, 0.15) is 5.69 Å². The number of nitrogens with zero attached hydrogens (tertiary/aromatic N) is 1. The summed E-state index contributed by atoms with van der Waals surface area (Å²) in [7, 11) is 0. The maximum absolute atomic E-state index is 10.8. The number of nitrogens with one attached hydrogen (secondary N) is 1. The molecule has 0 aliphatic heterocycles. The van der Waals surface area contributed by atoms with E-state index in [0.717, 1.165) is 0 Å². The summed E-state index contributed by atoms with van der Waals surface area (Å²) < 4.78 is 0. The molecular weight excluding hydrogens is 154 g/mol. The van der Waals surface area contributed by atoms with Crippen molar-refractivity contribution >= 4 is 17.3 Å². The van der Waals surface area contributed by atoms with Crippen molar-refractivity contribution in [2.24, 2.45) is 0 Å². The van der Waals surface area contributed by atoms with Gasteiger partial charge in [0, 0.05) is 0 Å². The molecule has 1 aromatic rings. The van der Waals surface area contributed by atoms with E-state index in [1.54, 1.807) is 6.92 Å². The van der Waals surface area contributed by atoms with Crippen LogP contribution in [0.25, 0.3) is 0 Å². The summed E-state index contributed by atoms with van der Waals surface area (Å²) in [4.78, 5) is 16.7. The Morgan fingerprint density at radius 2 is 2.30 bits per heavy atom. The van der Waals surface area contributed by atoms with E-state index in [1.165, 1.54) is 0 Å². The zero-order valence-corrected chi connectivity index (χ0v) is 6.07. The van der Waals surface area contributed by atoms with Crippen LogP contribution in [0.3, 0.4) is 0 Å². The van der Waals surface area contributed by atoms with Crippen molar-refractivity contribution < 1.29 is 0 Å². The lowest BCUT2D eigenvalue weighted by Crippen LogP contribution is -2.14. The van der Waals surface area contributed by atoms with Gasteiger partial charge in [0.1, 0.15) is 5.69 Å². The van der Waals surface area contributed by atoms with E-state index in [2.05, 4.69) is 9.97 Å². The van der Waals surface area contributed by atoms with Gasteiger partial charge < -0.3 is 5.73 Å². The van der Waals surface area contributed by atoms with Crippen LogP contribution < -0.4 is 11.3 Å². The summed E-state index contributed by atoms with van der Waals surface area (Å²) in [5, 5.41) is 0.0664. The third-order valence-corrected chi connectivity index (χ3v) is 1.30. The van der Waals surface area contributed by atoms with Crippen LogP contribution in [-0.2, 0) is 0 Å². The number of anilines is 1. The van der Waals surface area contributed by atoms with Crippen molar-refractivity contribution in [1.29, 1.82) is 0 Å². The fourth-order valence-corrected chi connectivity index (χ4v) is 0.773. The van der Waals surface area contributed by atoms with Gasteiger partial charge in [-0.25, -0.2) is 4.98 Å². The molecule has 0 spiro atoms. The summed E-state index contributed by atoms with van der Waals surface area (Å²) in [6.07, 6.45) is 0. The average molecular weight is 160 g/mol. The van der Waals surface area contributed by atoms with Gasteiger partial charge in [0.25, 0.3) is 5.56 Å². The molecule has 3 N–H and O–H groups in total. The van der Waals surface area contributed by atoms with Crippen molar-refractivity contribution in [2.75, 3.05) is 5.73 Å². The zero-order chi connectivity index (χ0) is 7.72. The number of rotatable bonds is 0. The topological polar surface area (TPSA) is 71.8 Å². The molecule has 0 bridgehead atoms. The molecule has 0 aliphatic carbocycles. The number of H-pyrrole nitrogens is 1. The minimum Gasteiger partial charge on any atom is -0.393 e. The fraction of sp³-hybridized carbons (Fsp3) is 0.200. The van der Waals surface area contributed by atoms with E-state index in [0.29, 0.717) is 5.69 Å². The van der Waals surface area contributed by atoms with Gasteiger partial charge in [-0.2, -0.15) is 0 Å². The summed E-state index contributed by atoms with van der Waals surface area (Å²) in [6, 6.07) is 0. The first kappa shape index (κ1) is 7.08. The van der Waals surface area contributed by atoms with Crippen LogP contribution in [-0.4, -0.2) is 9.97 Å². The quantitative estimate of drug-likeness (QED) is 0.536. The second kappa shape index (κ2) is 2.30. The van der Waals surface area contributed by atoms with Crippen LogP contribution in [0.4, 0.5) is 5.69 Å². The Balaban J connectivity index is 3.46. The Hall–Kier alpha value is -1.03. The summed E-state index contributed by atoms with van der Waals surface area (Å²) in [5.41, 5.74) is 5.46. The summed E-state index contributed by atoms with van der Waals surface area (Å²) in [6.45, 7) is 1.62. The lowest BCUT2D eigenvalue weighted by Gasteiger charge is -1.95. The summed E-state index contributed by atoms with van der Waals surface area (Å²) >= 11 is 5.40. The number of aromatic amines is 1. The maximum Gasteiger partial charge on any atom is 0.275 e. The molecule has 10 heavy (non-hydrogen) atoms. The highest BCUT2D eigenvalue weighted by Crippen LogP contribution is 2.02. The Labute approximate surface area is 62.0 Å². The highest BCUT2D eigenvalue weighted by atomic mass is 35.5. The Morgan fingerprint density at radius 3 is 2.80 bits per heavy atom. The van der Waals surface area contributed by atoms with Gasteiger partial charge in [-0.05, 0) is 18.5 Å². The van der Waals surface area contributed by atoms with E-state index in [1.807, 2.05) is 0 Å². The van der Waals surface area contributed by atoms with Gasteiger partial charge in [0.15, 0.2) is 0 Å². The van der Waals surface area contributed by atoms with Gasteiger partial charge in [-0.15, -0.1) is 0 Å². The van der Waals surface area contributed by atoms with Gasteiger partial charge in [-0.1, -0.05) is 0 Å². The van der Waals surface area contributed by atoms with Gasteiger partial charge in [0.05, 0.1) is 5.69 Å². The van der Waals surface area contributed by atoms with Crippen molar-refractivity contribution in [3.63, 3.8) is 0 Å². The number of halogens is 1. The van der Waals surface area contributed by atoms with Crippen LogP contribution in [0, 0.1) is 6.92 Å². The molecule has 1 aromatic heterocycles. The minimum atomic E-state index is -0.391. The molecule has 0 atom stereocenters. The monoisotopic (exact) mass is 159 g/mol. The average Bonchev–Trinajstić information content (AvgIpc) is 1.82. The van der Waals surface area contributed by atoms with Crippen molar-refractivity contribution in [2.45, 2.75) is 6.92 Å². The van der Waals surface area contributed by atoms with Gasteiger partial charge in [0.2, 0.25) is 5.28 Å². The molecule has 0 saturated carbocycles. The van der Waals surface area contributed by atoms with E-state index >= 15 is 0 Å². The highest BCUT2D eigenvalue weighted by Gasteiger charge is 2.00. The van der Waals surface area contributed by atoms with E-state index in [9.17, 15) is 4.79 Å². The SMILES string of the molecule is Cc1nc(Cl)[nH]c(=O)c1N. The number of hydrogen-bond donors (Lipinski definition) is 2. The molecule has 1 rings (SSSR count). The highest BCUT2D eigenvalue weighted by molar-refractivity contribution is 6.28. The van der Waals surface area contributed by atoms with Crippen LogP contribution in [0.2, 0.25) is 5.28 Å². The van der Waals surface area contributed by atoms with Gasteiger partial charge in [-0.3, -0.25) is 9.78 Å². The predicted octanol–water partition coefficient (Wildman–Crippen LogP) is 0.314. The van der Waals surface area contributed by atoms with Crippen molar-refractivity contribution in [3.8, 4) is 0 Å². The van der Waals surface area contributed by atoms with Crippen molar-refractivity contribution in [1.82, 2.24) is 9.97 Å². The number of hydrogen-bond acceptors (Lipinski definition) is 3. The molecule has 54 valence electrons. The normalized spacial score (nSPS) is 9.80. The first-order valence-corrected chi connectivity index (χ1v) is 3.01. The van der Waals surface area contributed by atoms with Crippen molar-refractivity contribution in [3.05, 3.63) is 21.3 Å². The lowest BCUT2D eigenvalue weighted by molar-refractivity contribution is 1.07.